The lowest BCUT2D eigenvalue weighted by Crippen LogP contribution is -2.40. The van der Waals surface area contributed by atoms with Gasteiger partial charge in [-0.15, -0.1) is 0 Å². The van der Waals surface area contributed by atoms with Crippen LogP contribution in [0, 0.1) is 11.3 Å². The van der Waals surface area contributed by atoms with Gasteiger partial charge >= 0.3 is 5.97 Å². The molecule has 0 amide bonds. The number of carbonyl (C=O) groups is 3. The summed E-state index contributed by atoms with van der Waals surface area (Å²) in [5, 5.41) is 0. The van der Waals surface area contributed by atoms with Crippen molar-refractivity contribution in [3.05, 3.63) is 36.0 Å². The van der Waals surface area contributed by atoms with Crippen molar-refractivity contribution in [3.8, 4) is 0 Å². The minimum atomic E-state index is -1.30. The molecule has 136 valence electrons. The summed E-state index contributed by atoms with van der Waals surface area (Å²) in [6.45, 7) is 6.14. The topological polar surface area (TPSA) is 60.4 Å². The van der Waals surface area contributed by atoms with Crippen LogP contribution in [0.3, 0.4) is 0 Å². The van der Waals surface area contributed by atoms with Crippen LogP contribution in [-0.2, 0) is 19.1 Å². The van der Waals surface area contributed by atoms with Crippen LogP contribution >= 0.6 is 0 Å². The maximum absolute atomic E-state index is 12.6. The molecular formula is C21H28O4. The quantitative estimate of drug-likeness (QED) is 0.408. The number of hydrogen-bond donors (Lipinski definition) is 0. The normalized spacial score (nSPS) is 32.3. The Hall–Kier alpha value is -1.97. The molecule has 0 bridgehead atoms. The Morgan fingerprint density at radius 2 is 1.88 bits per heavy atom. The first-order valence-electron chi connectivity index (χ1n) is 9.06. The summed E-state index contributed by atoms with van der Waals surface area (Å²) >= 11 is 0. The standard InChI is InChI=1S/C21H28O4/c1-15-5-4-6-17-10-12-19(23)21(17,20(24)25-3)14-13-18(22)11-9-16(2)8-7-15/h5,13-14,17H,2,4,6-12H2,1,3H3/b14-13-,15-5-/t17-,21-/m1/s1. The first-order valence-corrected chi connectivity index (χ1v) is 9.06. The molecule has 1 saturated carbocycles. The van der Waals surface area contributed by atoms with E-state index >= 15 is 0 Å². The number of esters is 1. The monoisotopic (exact) mass is 344 g/mol. The number of Topliss-reactive ketones (excluding diaryl/α,β-unsaturated/α-hetero) is 1. The third-order valence-corrected chi connectivity index (χ3v) is 5.49. The maximum atomic E-state index is 12.6. The van der Waals surface area contributed by atoms with Gasteiger partial charge in [-0.25, -0.2) is 0 Å². The van der Waals surface area contributed by atoms with E-state index in [-0.39, 0.29) is 17.5 Å². The predicted octanol–water partition coefficient (Wildman–Crippen LogP) is 4.11. The van der Waals surface area contributed by atoms with E-state index in [1.807, 2.05) is 0 Å². The molecule has 2 rings (SSSR count). The summed E-state index contributed by atoms with van der Waals surface area (Å²) in [4.78, 5) is 37.3. The molecule has 0 aromatic rings. The van der Waals surface area contributed by atoms with Gasteiger partial charge in [0.05, 0.1) is 7.11 Å². The fourth-order valence-electron chi connectivity index (χ4n) is 3.83. The average Bonchev–Trinajstić information content (AvgIpc) is 2.91. The number of hydrogen-bond acceptors (Lipinski definition) is 4. The summed E-state index contributed by atoms with van der Waals surface area (Å²) < 4.78 is 4.96. The summed E-state index contributed by atoms with van der Waals surface area (Å²) in [6.07, 6.45) is 10.5. The zero-order valence-electron chi connectivity index (χ0n) is 15.3. The Morgan fingerprint density at radius 1 is 1.16 bits per heavy atom. The number of methoxy groups -OCH3 is 1. The highest BCUT2D eigenvalue weighted by Gasteiger charge is 2.54. The molecule has 0 saturated heterocycles. The van der Waals surface area contributed by atoms with Crippen molar-refractivity contribution in [2.24, 2.45) is 11.3 Å². The first kappa shape index (κ1) is 19.4. The molecule has 0 unspecified atom stereocenters. The van der Waals surface area contributed by atoms with E-state index in [0.29, 0.717) is 25.7 Å². The highest BCUT2D eigenvalue weighted by atomic mass is 16.5. The SMILES string of the molecule is C=C1CCC(=O)/C=C\[C@]2(C(=O)OC)C(=O)CC[C@H]2CC/C=C(/C)CC1. The molecule has 4 heteroatoms. The van der Waals surface area contributed by atoms with E-state index in [1.54, 1.807) is 0 Å². The Bertz CT molecular complexity index is 626. The molecule has 1 fully saturated rings. The van der Waals surface area contributed by atoms with Crippen LogP contribution in [0.4, 0.5) is 0 Å². The van der Waals surface area contributed by atoms with Crippen LogP contribution in [0.2, 0.25) is 0 Å². The van der Waals surface area contributed by atoms with Crippen molar-refractivity contribution in [1.82, 2.24) is 0 Å². The first-order chi connectivity index (χ1) is 11.9. The van der Waals surface area contributed by atoms with Crippen molar-refractivity contribution >= 4 is 17.5 Å². The van der Waals surface area contributed by atoms with E-state index in [9.17, 15) is 14.4 Å². The van der Waals surface area contributed by atoms with Gasteiger partial charge in [0.2, 0.25) is 0 Å². The predicted molar refractivity (Wildman–Crippen MR) is 96.9 cm³/mol. The molecule has 0 heterocycles. The van der Waals surface area contributed by atoms with Gasteiger partial charge in [0.15, 0.2) is 11.6 Å². The summed E-state index contributed by atoms with van der Waals surface area (Å²) in [6, 6.07) is 0. The second kappa shape index (κ2) is 8.41. The Labute approximate surface area is 150 Å². The molecule has 0 N–H and O–H groups in total. The minimum absolute atomic E-state index is 0.0767. The van der Waals surface area contributed by atoms with Gasteiger partial charge < -0.3 is 4.74 Å². The van der Waals surface area contributed by atoms with Crippen LogP contribution in [0.15, 0.2) is 36.0 Å². The molecule has 2 aliphatic carbocycles. The molecular weight excluding hydrogens is 316 g/mol. The Morgan fingerprint density at radius 3 is 2.60 bits per heavy atom. The summed E-state index contributed by atoms with van der Waals surface area (Å²) in [5.41, 5.74) is 1.05. The largest absolute Gasteiger partial charge is 0.468 e. The van der Waals surface area contributed by atoms with Gasteiger partial charge in [-0.2, -0.15) is 0 Å². The number of carbonyl (C=O) groups excluding carboxylic acids is 3. The van der Waals surface area contributed by atoms with E-state index in [4.69, 9.17) is 4.74 Å². The number of allylic oxidation sites excluding steroid dienone is 4. The minimum Gasteiger partial charge on any atom is -0.468 e. The van der Waals surface area contributed by atoms with E-state index in [2.05, 4.69) is 19.6 Å². The van der Waals surface area contributed by atoms with Gasteiger partial charge in [0, 0.05) is 12.8 Å². The lowest BCUT2D eigenvalue weighted by atomic mass is 9.74. The number of rotatable bonds is 1. The lowest BCUT2D eigenvalue weighted by molar-refractivity contribution is -0.155. The van der Waals surface area contributed by atoms with Crippen LogP contribution in [-0.4, -0.2) is 24.6 Å². The zero-order chi connectivity index (χ0) is 18.4. The maximum Gasteiger partial charge on any atom is 0.323 e. The molecule has 0 radical (unpaired) electrons. The highest BCUT2D eigenvalue weighted by molar-refractivity contribution is 6.08. The number of fused-ring (bicyclic) bond motifs is 1. The van der Waals surface area contributed by atoms with Crippen molar-refractivity contribution in [2.45, 2.75) is 58.3 Å². The van der Waals surface area contributed by atoms with E-state index < -0.39 is 11.4 Å². The average molecular weight is 344 g/mol. The van der Waals surface area contributed by atoms with Crippen LogP contribution in [0.5, 0.6) is 0 Å². The highest BCUT2D eigenvalue weighted by Crippen LogP contribution is 2.45. The van der Waals surface area contributed by atoms with Gasteiger partial charge in [-0.1, -0.05) is 29.9 Å². The summed E-state index contributed by atoms with van der Waals surface area (Å²) in [5.74, 6) is -0.863. The zero-order valence-corrected chi connectivity index (χ0v) is 15.3. The van der Waals surface area contributed by atoms with Crippen molar-refractivity contribution in [1.29, 1.82) is 0 Å². The van der Waals surface area contributed by atoms with Gasteiger partial charge in [0.1, 0.15) is 5.41 Å². The number of ketones is 2. The lowest BCUT2D eigenvalue weighted by Gasteiger charge is -2.28. The molecule has 0 aliphatic heterocycles. The van der Waals surface area contributed by atoms with E-state index in [0.717, 1.165) is 31.3 Å². The van der Waals surface area contributed by atoms with Crippen LogP contribution < -0.4 is 0 Å². The Kier molecular flexibility index (Phi) is 6.51. The molecule has 2 atom stereocenters. The third kappa shape index (κ3) is 4.36. The fraction of sp³-hybridized carbons (Fsp3) is 0.571. The molecule has 25 heavy (non-hydrogen) atoms. The van der Waals surface area contributed by atoms with Gasteiger partial charge in [0.25, 0.3) is 0 Å². The van der Waals surface area contributed by atoms with Gasteiger partial charge in [-0.05, 0) is 57.4 Å². The molecule has 0 aromatic heterocycles. The van der Waals surface area contributed by atoms with Crippen molar-refractivity contribution in [3.63, 3.8) is 0 Å². The van der Waals surface area contributed by atoms with Crippen LogP contribution in [0.25, 0.3) is 0 Å². The Balaban J connectivity index is 2.36. The molecule has 0 aromatic carbocycles. The van der Waals surface area contributed by atoms with Crippen molar-refractivity contribution < 1.29 is 19.1 Å². The van der Waals surface area contributed by atoms with Crippen molar-refractivity contribution in [2.75, 3.05) is 7.11 Å². The fourth-order valence-corrected chi connectivity index (χ4v) is 3.83. The van der Waals surface area contributed by atoms with E-state index in [1.165, 1.54) is 24.8 Å². The molecule has 2 aliphatic rings. The smallest absolute Gasteiger partial charge is 0.323 e. The van der Waals surface area contributed by atoms with Crippen LogP contribution in [0.1, 0.15) is 58.3 Å². The summed E-state index contributed by atoms with van der Waals surface area (Å²) in [7, 11) is 1.30. The molecule has 4 nitrogen and oxygen atoms in total. The third-order valence-electron chi connectivity index (χ3n) is 5.49. The molecule has 0 spiro atoms. The number of ether oxygens (including phenoxy) is 1. The van der Waals surface area contributed by atoms with Gasteiger partial charge in [-0.3, -0.25) is 14.4 Å². The second-order valence-corrected chi connectivity index (χ2v) is 7.20. The second-order valence-electron chi connectivity index (χ2n) is 7.20.